The highest BCUT2D eigenvalue weighted by molar-refractivity contribution is 6.47. The minimum Gasteiger partial charge on any atom is -0.481 e. The van der Waals surface area contributed by atoms with Crippen LogP contribution in [0.4, 0.5) is 0 Å². The number of aliphatic carboxylic acids is 1. The zero-order valence-corrected chi connectivity index (χ0v) is 9.98. The molecule has 0 aromatic heterocycles. The van der Waals surface area contributed by atoms with Crippen LogP contribution in [0.5, 0.6) is 0 Å². The lowest BCUT2D eigenvalue weighted by molar-refractivity contribution is -0.136. The first-order valence-electron chi connectivity index (χ1n) is 4.00. The largest absolute Gasteiger partial charge is 0.481 e. The van der Waals surface area contributed by atoms with Gasteiger partial charge < -0.3 is 10.8 Å². The smallest absolute Gasteiger partial charge is 0.304 e. The molecule has 0 spiro atoms. The van der Waals surface area contributed by atoms with Gasteiger partial charge in [0.15, 0.2) is 0 Å². The third kappa shape index (κ3) is 6.57. The van der Waals surface area contributed by atoms with Gasteiger partial charge in [0.05, 0.1) is 21.5 Å². The molecule has 0 aliphatic rings. The van der Waals surface area contributed by atoms with Crippen molar-refractivity contribution in [2.75, 3.05) is 6.54 Å². The zero-order chi connectivity index (χ0) is 11.8. The summed E-state index contributed by atoms with van der Waals surface area (Å²) in [4.78, 5) is 9.52. The first-order valence-corrected chi connectivity index (χ1v) is 5.13. The average molecular weight is 271 g/mol. The Morgan fingerprint density at radius 1 is 1.27 bits per heavy atom. The molecule has 0 atom stereocenters. The quantitative estimate of drug-likeness (QED) is 0.812. The lowest BCUT2D eigenvalue weighted by Crippen LogP contribution is -2.05. The van der Waals surface area contributed by atoms with Crippen LogP contribution in [0.2, 0.25) is 15.1 Å². The van der Waals surface area contributed by atoms with Gasteiger partial charge in [0.25, 0.3) is 0 Å². The summed E-state index contributed by atoms with van der Waals surface area (Å²) in [6.07, 6.45) is 0.0694. The second-order valence-corrected chi connectivity index (χ2v) is 3.66. The van der Waals surface area contributed by atoms with Gasteiger partial charge in [-0.2, -0.15) is 0 Å². The van der Waals surface area contributed by atoms with Gasteiger partial charge >= 0.3 is 5.97 Å². The fraction of sp³-hybridized carbons (Fsp3) is 0.222. The van der Waals surface area contributed by atoms with E-state index in [1.54, 1.807) is 18.2 Å². The normalized spacial score (nSPS) is 9.07. The van der Waals surface area contributed by atoms with Crippen molar-refractivity contribution < 1.29 is 9.90 Å². The molecule has 1 aromatic carbocycles. The molecule has 84 valence electrons. The summed E-state index contributed by atoms with van der Waals surface area (Å²) in [5.74, 6) is -0.836. The molecular weight excluding hydrogens is 260 g/mol. The van der Waals surface area contributed by atoms with Gasteiger partial charge in [-0.3, -0.25) is 4.79 Å². The van der Waals surface area contributed by atoms with Crippen LogP contribution in [-0.4, -0.2) is 17.6 Å². The summed E-state index contributed by atoms with van der Waals surface area (Å²) in [5, 5.41) is 9.23. The molecular formula is C9H10Cl3NO2. The number of carbonyl (C=O) groups is 1. The predicted molar refractivity (Wildman–Crippen MR) is 62.8 cm³/mol. The maximum Gasteiger partial charge on any atom is 0.304 e. The molecule has 0 radical (unpaired) electrons. The van der Waals surface area contributed by atoms with Crippen LogP contribution >= 0.6 is 34.8 Å². The van der Waals surface area contributed by atoms with E-state index < -0.39 is 5.97 Å². The summed E-state index contributed by atoms with van der Waals surface area (Å²) < 4.78 is 0. The molecule has 0 saturated heterocycles. The lowest BCUT2D eigenvalue weighted by atomic mass is 10.4. The van der Waals surface area contributed by atoms with Crippen molar-refractivity contribution in [3.05, 3.63) is 33.3 Å². The van der Waals surface area contributed by atoms with E-state index in [1.165, 1.54) is 0 Å². The van der Waals surface area contributed by atoms with Gasteiger partial charge in [0.1, 0.15) is 0 Å². The molecule has 0 amide bonds. The van der Waals surface area contributed by atoms with Crippen LogP contribution in [0.25, 0.3) is 0 Å². The second kappa shape index (κ2) is 7.77. The molecule has 0 unspecified atom stereocenters. The first kappa shape index (κ1) is 14.5. The van der Waals surface area contributed by atoms with Crippen molar-refractivity contribution in [2.24, 2.45) is 5.73 Å². The molecule has 0 bridgehead atoms. The third-order valence-electron chi connectivity index (χ3n) is 1.26. The Morgan fingerprint density at radius 2 is 1.73 bits per heavy atom. The highest BCUT2D eigenvalue weighted by Gasteiger charge is 1.98. The summed E-state index contributed by atoms with van der Waals surface area (Å²) in [5.41, 5.74) is 4.85. The minimum atomic E-state index is -0.836. The highest BCUT2D eigenvalue weighted by atomic mass is 35.5. The summed E-state index contributed by atoms with van der Waals surface area (Å²) in [6, 6.07) is 5.13. The van der Waals surface area contributed by atoms with Gasteiger partial charge in [0, 0.05) is 6.54 Å². The number of halogens is 3. The molecule has 15 heavy (non-hydrogen) atoms. The van der Waals surface area contributed by atoms with Crippen LogP contribution in [0.1, 0.15) is 6.42 Å². The van der Waals surface area contributed by atoms with Crippen molar-refractivity contribution in [3.8, 4) is 0 Å². The molecule has 0 aliphatic carbocycles. The van der Waals surface area contributed by atoms with E-state index in [0.29, 0.717) is 15.1 Å². The van der Waals surface area contributed by atoms with Gasteiger partial charge in [-0.05, 0) is 12.1 Å². The molecule has 0 aliphatic heterocycles. The number of hydrogen-bond acceptors (Lipinski definition) is 2. The third-order valence-corrected chi connectivity index (χ3v) is 2.49. The molecule has 3 N–H and O–H groups in total. The molecule has 1 rings (SSSR count). The van der Waals surface area contributed by atoms with Crippen molar-refractivity contribution in [3.63, 3.8) is 0 Å². The number of benzene rings is 1. The Bertz CT molecular complexity index is 311. The summed E-state index contributed by atoms with van der Waals surface area (Å²) >= 11 is 16.8. The van der Waals surface area contributed by atoms with Crippen molar-refractivity contribution in [1.29, 1.82) is 0 Å². The fourth-order valence-electron chi connectivity index (χ4n) is 0.601. The van der Waals surface area contributed by atoms with Crippen molar-refractivity contribution in [1.82, 2.24) is 0 Å². The van der Waals surface area contributed by atoms with Gasteiger partial charge in [0.2, 0.25) is 0 Å². The average Bonchev–Trinajstić information content (AvgIpc) is 2.15. The topological polar surface area (TPSA) is 63.3 Å². The Morgan fingerprint density at radius 3 is 1.93 bits per heavy atom. The van der Waals surface area contributed by atoms with Crippen LogP contribution in [-0.2, 0) is 4.79 Å². The monoisotopic (exact) mass is 269 g/mol. The highest BCUT2D eigenvalue weighted by Crippen LogP contribution is 2.28. The fourth-order valence-corrected chi connectivity index (χ4v) is 1.12. The number of nitrogens with two attached hydrogens (primary N) is 1. The number of hydrogen-bond donors (Lipinski definition) is 2. The van der Waals surface area contributed by atoms with E-state index in [9.17, 15) is 4.79 Å². The molecule has 0 heterocycles. The number of carboxylic acids is 1. The van der Waals surface area contributed by atoms with E-state index in [-0.39, 0.29) is 13.0 Å². The van der Waals surface area contributed by atoms with Crippen LogP contribution in [0.15, 0.2) is 18.2 Å². The maximum atomic E-state index is 9.52. The van der Waals surface area contributed by atoms with Crippen molar-refractivity contribution >= 4 is 40.8 Å². The van der Waals surface area contributed by atoms with E-state index in [2.05, 4.69) is 0 Å². The molecule has 3 nitrogen and oxygen atoms in total. The Labute approximate surface area is 103 Å². The zero-order valence-electron chi connectivity index (χ0n) is 7.71. The Kier molecular flexibility index (Phi) is 7.52. The Hall–Kier alpha value is -0.480. The molecule has 0 saturated carbocycles. The van der Waals surface area contributed by atoms with E-state index in [4.69, 9.17) is 45.6 Å². The number of rotatable bonds is 2. The second-order valence-electron chi connectivity index (χ2n) is 2.47. The van der Waals surface area contributed by atoms with Gasteiger partial charge in [-0.25, -0.2) is 0 Å². The van der Waals surface area contributed by atoms with Crippen molar-refractivity contribution in [2.45, 2.75) is 6.42 Å². The SMILES string of the molecule is Clc1cccc(Cl)c1Cl.NCCC(=O)O. The van der Waals surface area contributed by atoms with E-state index >= 15 is 0 Å². The minimum absolute atomic E-state index is 0.0694. The summed E-state index contributed by atoms with van der Waals surface area (Å²) in [6.45, 7) is 0.231. The number of carboxylic acid groups (broad SMARTS) is 1. The molecule has 1 aromatic rings. The standard InChI is InChI=1S/C6H3Cl3.C3H7NO2/c7-4-2-1-3-5(8)6(4)9;4-2-1-3(5)6/h1-3H;1-2,4H2,(H,5,6). The summed E-state index contributed by atoms with van der Waals surface area (Å²) in [7, 11) is 0. The van der Waals surface area contributed by atoms with Crippen LogP contribution in [0, 0.1) is 0 Å². The van der Waals surface area contributed by atoms with Gasteiger partial charge in [-0.15, -0.1) is 0 Å². The first-order chi connectivity index (χ1) is 6.99. The van der Waals surface area contributed by atoms with Crippen LogP contribution in [0.3, 0.4) is 0 Å². The maximum absolute atomic E-state index is 9.52. The van der Waals surface area contributed by atoms with Crippen LogP contribution < -0.4 is 5.73 Å². The molecule has 0 fully saturated rings. The molecule has 6 heteroatoms. The van der Waals surface area contributed by atoms with E-state index in [0.717, 1.165) is 0 Å². The van der Waals surface area contributed by atoms with Gasteiger partial charge in [-0.1, -0.05) is 40.9 Å². The predicted octanol–water partition coefficient (Wildman–Crippen LogP) is 3.07. The Balaban J connectivity index is 0.000000288. The van der Waals surface area contributed by atoms with E-state index in [1.807, 2.05) is 0 Å². The lowest BCUT2D eigenvalue weighted by Gasteiger charge is -1.94.